The Bertz CT molecular complexity index is 477. The van der Waals surface area contributed by atoms with Crippen molar-refractivity contribution in [3.63, 3.8) is 0 Å². The van der Waals surface area contributed by atoms with Crippen LogP contribution in [0.4, 0.5) is 0 Å². The first kappa shape index (κ1) is 6.96. The Hall–Kier alpha value is -1.50. The normalized spacial score (nSPS) is 12.4. The first-order valence-corrected chi connectivity index (χ1v) is 4.62. The van der Waals surface area contributed by atoms with Crippen molar-refractivity contribution in [3.8, 4) is 11.5 Å². The molecule has 64 valence electrons. The summed E-state index contributed by atoms with van der Waals surface area (Å²) in [5.41, 5.74) is 1.41. The number of rotatable bonds is 1. The zero-order valence-electron chi connectivity index (χ0n) is 7.50. The van der Waals surface area contributed by atoms with E-state index in [1.165, 1.54) is 16.3 Å². The molecule has 0 N–H and O–H groups in total. The summed E-state index contributed by atoms with van der Waals surface area (Å²) in [5.74, 6) is 2.06. The monoisotopic (exact) mass is 170 g/mol. The maximum absolute atomic E-state index is 5.48. The molecular weight excluding hydrogens is 160 g/mol. The van der Waals surface area contributed by atoms with Gasteiger partial charge in [0.2, 0.25) is 0 Å². The molecule has 1 heterocycles. The van der Waals surface area contributed by atoms with Gasteiger partial charge in [0.15, 0.2) is 0 Å². The van der Waals surface area contributed by atoms with Crippen molar-refractivity contribution in [2.45, 2.75) is 13.3 Å². The third kappa shape index (κ3) is 0.765. The Morgan fingerprint density at radius 1 is 1.08 bits per heavy atom. The molecule has 0 saturated carbocycles. The molecule has 3 rings (SSSR count). The van der Waals surface area contributed by atoms with Crippen molar-refractivity contribution in [1.29, 1.82) is 0 Å². The lowest BCUT2D eigenvalue weighted by Gasteiger charge is -2.21. The summed E-state index contributed by atoms with van der Waals surface area (Å²) in [4.78, 5) is 0. The Labute approximate surface area is 77.0 Å². The fourth-order valence-corrected chi connectivity index (χ4v) is 1.95. The third-order valence-corrected chi connectivity index (χ3v) is 2.66. The van der Waals surface area contributed by atoms with Crippen LogP contribution in [0.1, 0.15) is 12.5 Å². The van der Waals surface area contributed by atoms with Gasteiger partial charge in [0.05, 0.1) is 5.39 Å². The minimum atomic E-state index is 1.03. The molecule has 0 radical (unpaired) electrons. The summed E-state index contributed by atoms with van der Waals surface area (Å²) in [7, 11) is 0. The van der Waals surface area contributed by atoms with Crippen LogP contribution in [-0.2, 0) is 6.42 Å². The van der Waals surface area contributed by atoms with Crippen molar-refractivity contribution < 1.29 is 4.74 Å². The summed E-state index contributed by atoms with van der Waals surface area (Å²) in [6.07, 6.45) is 1.08. The van der Waals surface area contributed by atoms with E-state index < -0.39 is 0 Å². The van der Waals surface area contributed by atoms with E-state index in [0.29, 0.717) is 0 Å². The second-order valence-corrected chi connectivity index (χ2v) is 3.36. The standard InChI is InChI=1S/C12H10O/c1-2-8-6-7-11-12-9(8)4-3-5-10(12)13-11/h3-7H,2H2,1H3. The number of hydrogen-bond donors (Lipinski definition) is 0. The quantitative estimate of drug-likeness (QED) is 0.543. The van der Waals surface area contributed by atoms with Gasteiger partial charge in [0, 0.05) is 0 Å². The summed E-state index contributed by atoms with van der Waals surface area (Å²) < 4.78 is 5.48. The van der Waals surface area contributed by atoms with Crippen molar-refractivity contribution in [2.24, 2.45) is 0 Å². The summed E-state index contributed by atoms with van der Waals surface area (Å²) in [5, 5.41) is 2.66. The highest BCUT2D eigenvalue weighted by molar-refractivity contribution is 6.00. The van der Waals surface area contributed by atoms with Crippen LogP contribution in [-0.4, -0.2) is 0 Å². The van der Waals surface area contributed by atoms with E-state index >= 15 is 0 Å². The summed E-state index contributed by atoms with van der Waals surface area (Å²) in [6.45, 7) is 2.18. The largest absolute Gasteiger partial charge is 0.456 e. The molecule has 0 bridgehead atoms. The molecule has 1 heteroatoms. The average Bonchev–Trinajstić information content (AvgIpc) is 2.14. The SMILES string of the molecule is CCc1ccc2c3c(cccc13)O2. The van der Waals surface area contributed by atoms with Gasteiger partial charge in [0.1, 0.15) is 11.5 Å². The highest BCUT2D eigenvalue weighted by Crippen LogP contribution is 2.46. The topological polar surface area (TPSA) is 9.23 Å². The van der Waals surface area contributed by atoms with Crippen molar-refractivity contribution in [2.75, 3.05) is 0 Å². The van der Waals surface area contributed by atoms with Crippen molar-refractivity contribution in [3.05, 3.63) is 35.9 Å². The van der Waals surface area contributed by atoms with Gasteiger partial charge in [-0.05, 0) is 29.5 Å². The lowest BCUT2D eigenvalue weighted by molar-refractivity contribution is 0.461. The van der Waals surface area contributed by atoms with Gasteiger partial charge in [0.25, 0.3) is 0 Å². The van der Waals surface area contributed by atoms with Crippen LogP contribution in [0, 0.1) is 0 Å². The van der Waals surface area contributed by atoms with E-state index in [-0.39, 0.29) is 0 Å². The highest BCUT2D eigenvalue weighted by atomic mass is 16.5. The summed E-state index contributed by atoms with van der Waals surface area (Å²) in [6, 6.07) is 10.5. The molecule has 0 saturated heterocycles. The molecule has 0 spiro atoms. The van der Waals surface area contributed by atoms with Crippen LogP contribution in [0.15, 0.2) is 30.3 Å². The fraction of sp³-hybridized carbons (Fsp3) is 0.167. The van der Waals surface area contributed by atoms with E-state index in [2.05, 4.69) is 31.2 Å². The molecule has 1 nitrogen and oxygen atoms in total. The maximum Gasteiger partial charge on any atom is 0.139 e. The molecule has 2 aromatic carbocycles. The second kappa shape index (κ2) is 2.25. The number of aryl methyl sites for hydroxylation is 1. The van der Waals surface area contributed by atoms with Crippen LogP contribution in [0.25, 0.3) is 10.8 Å². The highest BCUT2D eigenvalue weighted by Gasteiger charge is 2.19. The molecule has 0 unspecified atom stereocenters. The Morgan fingerprint density at radius 2 is 1.92 bits per heavy atom. The zero-order valence-corrected chi connectivity index (χ0v) is 7.50. The third-order valence-electron chi connectivity index (χ3n) is 2.66. The number of benzene rings is 2. The van der Waals surface area contributed by atoms with Gasteiger partial charge in [-0.25, -0.2) is 0 Å². The molecule has 1 aliphatic heterocycles. The maximum atomic E-state index is 5.48. The molecular formula is C12H10O. The Kier molecular flexibility index (Phi) is 1.21. The zero-order chi connectivity index (χ0) is 8.84. The van der Waals surface area contributed by atoms with Crippen LogP contribution < -0.4 is 4.74 Å². The average molecular weight is 170 g/mol. The molecule has 0 atom stereocenters. The van der Waals surface area contributed by atoms with Crippen molar-refractivity contribution >= 4 is 10.8 Å². The first-order chi connectivity index (χ1) is 6.40. The number of ether oxygens (including phenoxy) is 1. The van der Waals surface area contributed by atoms with Crippen molar-refractivity contribution in [1.82, 2.24) is 0 Å². The minimum Gasteiger partial charge on any atom is -0.456 e. The number of hydrogen-bond acceptors (Lipinski definition) is 1. The van der Waals surface area contributed by atoms with E-state index in [9.17, 15) is 0 Å². The van der Waals surface area contributed by atoms with E-state index in [4.69, 9.17) is 4.74 Å². The smallest absolute Gasteiger partial charge is 0.139 e. The van der Waals surface area contributed by atoms with Crippen LogP contribution in [0.2, 0.25) is 0 Å². The van der Waals surface area contributed by atoms with Gasteiger partial charge in [-0.2, -0.15) is 0 Å². The lowest BCUT2D eigenvalue weighted by Crippen LogP contribution is -1.98. The van der Waals surface area contributed by atoms with Crippen LogP contribution in [0.3, 0.4) is 0 Å². The lowest BCUT2D eigenvalue weighted by atomic mass is 9.99. The molecule has 13 heavy (non-hydrogen) atoms. The van der Waals surface area contributed by atoms with E-state index in [1.54, 1.807) is 0 Å². The van der Waals surface area contributed by atoms with Crippen LogP contribution >= 0.6 is 0 Å². The predicted molar refractivity (Wildman–Crippen MR) is 53.4 cm³/mol. The molecule has 0 amide bonds. The van der Waals surface area contributed by atoms with Gasteiger partial charge in [-0.3, -0.25) is 0 Å². The van der Waals surface area contributed by atoms with Gasteiger partial charge in [-0.15, -0.1) is 0 Å². The first-order valence-electron chi connectivity index (χ1n) is 4.62. The molecule has 1 aliphatic rings. The van der Waals surface area contributed by atoms with E-state index in [1.807, 2.05) is 6.07 Å². The molecule has 0 aliphatic carbocycles. The second-order valence-electron chi connectivity index (χ2n) is 3.36. The van der Waals surface area contributed by atoms with E-state index in [0.717, 1.165) is 17.9 Å². The Balaban J connectivity index is 2.47. The minimum absolute atomic E-state index is 1.03. The van der Waals surface area contributed by atoms with Gasteiger partial charge < -0.3 is 4.74 Å². The van der Waals surface area contributed by atoms with Crippen LogP contribution in [0.5, 0.6) is 11.5 Å². The van der Waals surface area contributed by atoms with Gasteiger partial charge in [-0.1, -0.05) is 25.1 Å². The molecule has 0 fully saturated rings. The Morgan fingerprint density at radius 3 is 2.77 bits per heavy atom. The molecule has 0 aromatic heterocycles. The fourth-order valence-electron chi connectivity index (χ4n) is 1.95. The predicted octanol–water partition coefficient (Wildman–Crippen LogP) is 3.51. The molecule has 2 aromatic rings. The van der Waals surface area contributed by atoms with Gasteiger partial charge >= 0.3 is 0 Å². The summed E-state index contributed by atoms with van der Waals surface area (Å²) >= 11 is 0.